The predicted octanol–water partition coefficient (Wildman–Crippen LogP) is 3.72. The highest BCUT2D eigenvalue weighted by molar-refractivity contribution is 5.85. The molecular formula is C21H31ClN2O. The van der Waals surface area contributed by atoms with Crippen LogP contribution >= 0.6 is 12.4 Å². The maximum Gasteiger partial charge on any atom is 0.219 e. The third-order valence-electron chi connectivity index (χ3n) is 6.63. The molecule has 2 heterocycles. The fraction of sp³-hybridized carbons (Fsp3) is 0.667. The zero-order valence-electron chi connectivity index (χ0n) is 15.3. The first-order valence-corrected chi connectivity index (χ1v) is 9.77. The van der Waals surface area contributed by atoms with Gasteiger partial charge in [-0.15, -0.1) is 12.4 Å². The number of hydrogen-bond donors (Lipinski definition) is 0. The van der Waals surface area contributed by atoms with Gasteiger partial charge in [-0.25, -0.2) is 0 Å². The molecule has 1 aromatic carbocycles. The predicted molar refractivity (Wildman–Crippen MR) is 104 cm³/mol. The molecule has 4 heteroatoms. The van der Waals surface area contributed by atoms with Crippen LogP contribution in [0, 0.1) is 11.8 Å². The molecule has 1 saturated carbocycles. The molecule has 2 saturated heterocycles. The van der Waals surface area contributed by atoms with Crippen molar-refractivity contribution in [3.05, 3.63) is 35.4 Å². The van der Waals surface area contributed by atoms with Gasteiger partial charge in [0.15, 0.2) is 0 Å². The Kier molecular flexibility index (Phi) is 6.06. The van der Waals surface area contributed by atoms with E-state index >= 15 is 0 Å². The Morgan fingerprint density at radius 2 is 1.80 bits per heavy atom. The number of carbonyl (C=O) groups excluding carboxylic acids is 1. The van der Waals surface area contributed by atoms with Gasteiger partial charge in [-0.1, -0.05) is 24.3 Å². The van der Waals surface area contributed by atoms with E-state index in [0.29, 0.717) is 11.8 Å². The van der Waals surface area contributed by atoms with Gasteiger partial charge in [-0.3, -0.25) is 4.79 Å². The number of nitrogens with zero attached hydrogens (tertiary/aromatic N) is 2. The van der Waals surface area contributed by atoms with Gasteiger partial charge in [0, 0.05) is 26.6 Å². The van der Waals surface area contributed by atoms with Gasteiger partial charge >= 0.3 is 0 Å². The summed E-state index contributed by atoms with van der Waals surface area (Å²) in [5, 5.41) is 0. The fourth-order valence-electron chi connectivity index (χ4n) is 5.16. The maximum atomic E-state index is 11.7. The Bertz CT molecular complexity index is 582. The van der Waals surface area contributed by atoms with Gasteiger partial charge < -0.3 is 9.80 Å². The average molecular weight is 363 g/mol. The highest BCUT2D eigenvalue weighted by atomic mass is 35.5. The molecule has 4 rings (SSSR count). The summed E-state index contributed by atoms with van der Waals surface area (Å²) in [6.45, 7) is 7.46. The Labute approximate surface area is 158 Å². The molecule has 1 amide bonds. The van der Waals surface area contributed by atoms with Crippen LogP contribution in [0.3, 0.4) is 0 Å². The van der Waals surface area contributed by atoms with Gasteiger partial charge in [0.2, 0.25) is 5.91 Å². The monoisotopic (exact) mass is 362 g/mol. The molecule has 1 aliphatic carbocycles. The van der Waals surface area contributed by atoms with Gasteiger partial charge in [0.1, 0.15) is 0 Å². The van der Waals surface area contributed by atoms with Crippen LogP contribution < -0.4 is 0 Å². The minimum absolute atomic E-state index is 0. The van der Waals surface area contributed by atoms with Crippen molar-refractivity contribution in [2.24, 2.45) is 11.8 Å². The van der Waals surface area contributed by atoms with E-state index in [2.05, 4.69) is 34.1 Å². The zero-order valence-corrected chi connectivity index (χ0v) is 16.1. The number of carbonyl (C=O) groups is 1. The van der Waals surface area contributed by atoms with E-state index in [1.165, 1.54) is 62.9 Å². The lowest BCUT2D eigenvalue weighted by Gasteiger charge is -2.21. The lowest BCUT2D eigenvalue weighted by atomic mass is 9.86. The van der Waals surface area contributed by atoms with Gasteiger partial charge in [-0.2, -0.15) is 0 Å². The van der Waals surface area contributed by atoms with Crippen LogP contribution in [-0.2, 0) is 11.2 Å². The first-order valence-electron chi connectivity index (χ1n) is 9.77. The Morgan fingerprint density at radius 1 is 1.08 bits per heavy atom. The van der Waals surface area contributed by atoms with E-state index in [1.54, 1.807) is 6.92 Å². The molecule has 0 spiro atoms. The molecule has 138 valence electrons. The SMILES string of the molecule is CC(=O)N1CC2CCC(c3ccc(CCN4CCCC4)cc3)C2C1.Cl. The molecule has 3 unspecified atom stereocenters. The standard InChI is InChI=1S/C21H30N2O.ClH/c1-16(24)23-14-19-8-9-20(21(19)15-23)18-6-4-17(5-7-18)10-13-22-11-2-3-12-22;/h4-7,19-21H,2-3,8-15H2,1H3;1H. The molecule has 3 aliphatic rings. The second kappa shape index (κ2) is 8.09. The second-order valence-corrected chi connectivity index (χ2v) is 8.07. The lowest BCUT2D eigenvalue weighted by molar-refractivity contribution is -0.128. The molecule has 0 bridgehead atoms. The van der Waals surface area contributed by atoms with E-state index in [4.69, 9.17) is 0 Å². The topological polar surface area (TPSA) is 23.6 Å². The number of hydrogen-bond acceptors (Lipinski definition) is 2. The van der Waals surface area contributed by atoms with Crippen molar-refractivity contribution < 1.29 is 4.79 Å². The molecule has 3 nitrogen and oxygen atoms in total. The lowest BCUT2D eigenvalue weighted by Crippen LogP contribution is -2.27. The van der Waals surface area contributed by atoms with Gasteiger partial charge in [0.05, 0.1) is 0 Å². The molecule has 2 aliphatic heterocycles. The normalized spacial score (nSPS) is 28.8. The minimum atomic E-state index is 0. The first kappa shape index (κ1) is 18.7. The summed E-state index contributed by atoms with van der Waals surface area (Å²) in [6.07, 6.45) is 6.51. The molecule has 3 atom stereocenters. The summed E-state index contributed by atoms with van der Waals surface area (Å²) in [5.41, 5.74) is 2.97. The number of benzene rings is 1. The van der Waals surface area contributed by atoms with E-state index in [0.717, 1.165) is 19.0 Å². The van der Waals surface area contributed by atoms with Crippen LogP contribution in [0.5, 0.6) is 0 Å². The largest absolute Gasteiger partial charge is 0.342 e. The Hall–Kier alpha value is -1.06. The molecule has 3 fully saturated rings. The quantitative estimate of drug-likeness (QED) is 0.815. The first-order chi connectivity index (χ1) is 11.7. The third-order valence-corrected chi connectivity index (χ3v) is 6.63. The summed E-state index contributed by atoms with van der Waals surface area (Å²) >= 11 is 0. The molecule has 1 aromatic rings. The summed E-state index contributed by atoms with van der Waals surface area (Å²) < 4.78 is 0. The molecular weight excluding hydrogens is 332 g/mol. The number of likely N-dealkylation sites (tertiary alicyclic amines) is 2. The van der Waals surface area contributed by atoms with Crippen molar-refractivity contribution in [3.63, 3.8) is 0 Å². The third kappa shape index (κ3) is 4.03. The average Bonchev–Trinajstić information content (AvgIpc) is 3.30. The Morgan fingerprint density at radius 3 is 2.48 bits per heavy atom. The number of amides is 1. The highest BCUT2D eigenvalue weighted by Crippen LogP contribution is 2.47. The van der Waals surface area contributed by atoms with Gasteiger partial charge in [-0.05, 0) is 74.1 Å². The highest BCUT2D eigenvalue weighted by Gasteiger charge is 2.43. The Balaban J connectivity index is 0.00000182. The summed E-state index contributed by atoms with van der Waals surface area (Å²) in [7, 11) is 0. The van der Waals surface area contributed by atoms with Crippen molar-refractivity contribution in [3.8, 4) is 0 Å². The van der Waals surface area contributed by atoms with Crippen LogP contribution in [0.4, 0.5) is 0 Å². The molecule has 0 radical (unpaired) electrons. The van der Waals surface area contributed by atoms with Crippen molar-refractivity contribution in [2.45, 2.75) is 44.9 Å². The second-order valence-electron chi connectivity index (χ2n) is 8.07. The maximum absolute atomic E-state index is 11.7. The smallest absolute Gasteiger partial charge is 0.219 e. The van der Waals surface area contributed by atoms with Crippen LogP contribution in [0.1, 0.15) is 49.7 Å². The van der Waals surface area contributed by atoms with E-state index in [9.17, 15) is 4.79 Å². The molecule has 0 N–H and O–H groups in total. The summed E-state index contributed by atoms with van der Waals surface area (Å²) in [4.78, 5) is 16.3. The minimum Gasteiger partial charge on any atom is -0.342 e. The molecule has 0 aromatic heterocycles. The van der Waals surface area contributed by atoms with E-state index in [-0.39, 0.29) is 18.3 Å². The number of rotatable bonds is 4. The zero-order chi connectivity index (χ0) is 16.5. The van der Waals surface area contributed by atoms with Crippen molar-refractivity contribution >= 4 is 18.3 Å². The van der Waals surface area contributed by atoms with E-state index in [1.807, 2.05) is 0 Å². The summed E-state index contributed by atoms with van der Waals surface area (Å²) in [6, 6.07) is 9.42. The van der Waals surface area contributed by atoms with Crippen LogP contribution in [0.15, 0.2) is 24.3 Å². The molecule has 25 heavy (non-hydrogen) atoms. The van der Waals surface area contributed by atoms with Crippen LogP contribution in [-0.4, -0.2) is 48.4 Å². The van der Waals surface area contributed by atoms with E-state index < -0.39 is 0 Å². The van der Waals surface area contributed by atoms with Crippen molar-refractivity contribution in [1.29, 1.82) is 0 Å². The van der Waals surface area contributed by atoms with Crippen LogP contribution in [0.2, 0.25) is 0 Å². The van der Waals surface area contributed by atoms with Crippen LogP contribution in [0.25, 0.3) is 0 Å². The van der Waals surface area contributed by atoms with Crippen molar-refractivity contribution in [1.82, 2.24) is 9.80 Å². The fourth-order valence-corrected chi connectivity index (χ4v) is 5.16. The number of halogens is 1. The van der Waals surface area contributed by atoms with Crippen molar-refractivity contribution in [2.75, 3.05) is 32.7 Å². The number of fused-ring (bicyclic) bond motifs is 1. The summed E-state index contributed by atoms with van der Waals surface area (Å²) in [5.74, 6) is 2.32. The van der Waals surface area contributed by atoms with Gasteiger partial charge in [0.25, 0.3) is 0 Å².